The van der Waals surface area contributed by atoms with Crippen LogP contribution in [0.1, 0.15) is 53.4 Å². The molecule has 0 aromatic heterocycles. The summed E-state index contributed by atoms with van der Waals surface area (Å²) in [6.45, 7) is 7.79. The molecule has 0 N–H and O–H groups in total. The number of allylic oxidation sites excluding steroid dienone is 4. The van der Waals surface area contributed by atoms with Gasteiger partial charge in [-0.2, -0.15) is 0 Å². The van der Waals surface area contributed by atoms with E-state index >= 15 is 0 Å². The van der Waals surface area contributed by atoms with Crippen LogP contribution in [0.2, 0.25) is 0 Å². The van der Waals surface area contributed by atoms with Gasteiger partial charge in [-0.25, -0.2) is 0 Å². The third-order valence-corrected chi connectivity index (χ3v) is 4.38. The lowest BCUT2D eigenvalue weighted by molar-refractivity contribution is -0.123. The molecule has 0 amide bonds. The number of alkyl halides is 1. The molecule has 3 heteroatoms. The molecule has 20 heavy (non-hydrogen) atoms. The van der Waals surface area contributed by atoms with E-state index in [4.69, 9.17) is 0 Å². The topological polar surface area (TPSA) is 34.1 Å². The summed E-state index contributed by atoms with van der Waals surface area (Å²) in [4.78, 5) is 22.6. The lowest BCUT2D eigenvalue weighted by Crippen LogP contribution is -2.31. The molecule has 0 fully saturated rings. The highest BCUT2D eigenvalue weighted by Gasteiger charge is 2.33. The lowest BCUT2D eigenvalue weighted by atomic mass is 9.70. The molecular formula is C17H27IO2. The Bertz CT molecular complexity index is 371. The summed E-state index contributed by atoms with van der Waals surface area (Å²) >= 11 is 2.33. The van der Waals surface area contributed by atoms with E-state index in [1.807, 2.05) is 13.0 Å². The molecule has 114 valence electrons. The second-order valence-electron chi connectivity index (χ2n) is 5.56. The van der Waals surface area contributed by atoms with Crippen molar-refractivity contribution in [3.63, 3.8) is 0 Å². The Balaban J connectivity index is 5.10. The first-order chi connectivity index (χ1) is 9.41. The molecule has 0 aromatic carbocycles. The van der Waals surface area contributed by atoms with E-state index in [0.717, 1.165) is 42.0 Å². The molecule has 0 aliphatic rings. The van der Waals surface area contributed by atoms with Crippen molar-refractivity contribution in [2.45, 2.75) is 53.4 Å². The number of Topliss-reactive ketones (excluding diaryl/α,β-unsaturated/α-hetero) is 1. The first kappa shape index (κ1) is 19.6. The van der Waals surface area contributed by atoms with Crippen molar-refractivity contribution < 1.29 is 9.59 Å². The third-order valence-electron chi connectivity index (χ3n) is 3.75. The van der Waals surface area contributed by atoms with Crippen molar-refractivity contribution in [1.29, 1.82) is 0 Å². The number of halogens is 1. The van der Waals surface area contributed by atoms with E-state index in [2.05, 4.69) is 48.6 Å². The van der Waals surface area contributed by atoms with Gasteiger partial charge < -0.3 is 0 Å². The van der Waals surface area contributed by atoms with Crippen LogP contribution in [0.5, 0.6) is 0 Å². The van der Waals surface area contributed by atoms with Crippen LogP contribution in [-0.4, -0.2) is 16.5 Å². The molecule has 0 heterocycles. The summed E-state index contributed by atoms with van der Waals surface area (Å²) in [6.07, 6.45) is 10.8. The van der Waals surface area contributed by atoms with Crippen LogP contribution in [0.15, 0.2) is 23.8 Å². The molecule has 0 saturated carbocycles. The number of carbonyl (C=O) groups excluding carboxylic acids is 2. The minimum absolute atomic E-state index is 0.0622. The van der Waals surface area contributed by atoms with E-state index in [-0.39, 0.29) is 17.1 Å². The van der Waals surface area contributed by atoms with Crippen LogP contribution in [0.3, 0.4) is 0 Å². The van der Waals surface area contributed by atoms with Crippen molar-refractivity contribution in [2.24, 2.45) is 11.3 Å². The number of rotatable bonds is 10. The van der Waals surface area contributed by atoms with Gasteiger partial charge in [0, 0.05) is 10.3 Å². The van der Waals surface area contributed by atoms with Crippen molar-refractivity contribution >= 4 is 34.7 Å². The molecule has 0 rings (SSSR count). The van der Waals surface area contributed by atoms with Gasteiger partial charge in [0.2, 0.25) is 0 Å². The van der Waals surface area contributed by atoms with Gasteiger partial charge in [-0.3, -0.25) is 9.59 Å². The zero-order valence-electron chi connectivity index (χ0n) is 13.1. The van der Waals surface area contributed by atoms with Crippen LogP contribution in [0, 0.1) is 11.3 Å². The Morgan fingerprint density at radius 2 is 2.00 bits per heavy atom. The summed E-state index contributed by atoms with van der Waals surface area (Å²) in [5, 5.41) is 0. The molecule has 0 radical (unpaired) electrons. The Morgan fingerprint density at radius 1 is 1.35 bits per heavy atom. The molecule has 0 aliphatic carbocycles. The zero-order chi connectivity index (χ0) is 15.6. The predicted molar refractivity (Wildman–Crippen MR) is 94.3 cm³/mol. The maximum atomic E-state index is 12.0. The molecule has 0 saturated heterocycles. The number of hydrogen-bond acceptors (Lipinski definition) is 2. The Kier molecular flexibility index (Phi) is 10.1. The van der Waals surface area contributed by atoms with Crippen LogP contribution < -0.4 is 0 Å². The Labute approximate surface area is 137 Å². The molecule has 2 atom stereocenters. The summed E-state index contributed by atoms with van der Waals surface area (Å²) in [5.74, 6) is 0.327. The van der Waals surface area contributed by atoms with E-state index in [9.17, 15) is 9.59 Å². The van der Waals surface area contributed by atoms with Crippen molar-refractivity contribution in [3.05, 3.63) is 23.8 Å². The largest absolute Gasteiger partial charge is 0.300 e. The molecule has 0 unspecified atom stereocenters. The molecule has 0 aliphatic heterocycles. The van der Waals surface area contributed by atoms with Crippen molar-refractivity contribution in [1.82, 2.24) is 0 Å². The Morgan fingerprint density at radius 3 is 2.45 bits per heavy atom. The highest BCUT2D eigenvalue weighted by atomic mass is 127. The van der Waals surface area contributed by atoms with Gasteiger partial charge in [0.25, 0.3) is 0 Å². The molecule has 0 spiro atoms. The van der Waals surface area contributed by atoms with Gasteiger partial charge in [0.1, 0.15) is 12.1 Å². The molecule has 0 bridgehead atoms. The Hall–Kier alpha value is -0.450. The van der Waals surface area contributed by atoms with Gasteiger partial charge >= 0.3 is 0 Å². The lowest BCUT2D eigenvalue weighted by Gasteiger charge is -2.33. The van der Waals surface area contributed by atoms with E-state index < -0.39 is 0 Å². The van der Waals surface area contributed by atoms with E-state index in [0.29, 0.717) is 0 Å². The van der Waals surface area contributed by atoms with Gasteiger partial charge in [-0.05, 0) is 50.5 Å². The summed E-state index contributed by atoms with van der Waals surface area (Å²) in [6, 6.07) is 0. The van der Waals surface area contributed by atoms with Gasteiger partial charge in [-0.1, -0.05) is 54.7 Å². The van der Waals surface area contributed by atoms with Gasteiger partial charge in [-0.15, -0.1) is 0 Å². The first-order valence-corrected chi connectivity index (χ1v) is 8.79. The van der Waals surface area contributed by atoms with Crippen LogP contribution in [0.4, 0.5) is 0 Å². The summed E-state index contributed by atoms with van der Waals surface area (Å²) < 4.78 is 0.987. The summed E-state index contributed by atoms with van der Waals surface area (Å²) in [5.41, 5.74) is 0.646. The minimum Gasteiger partial charge on any atom is -0.300 e. The van der Waals surface area contributed by atoms with Crippen molar-refractivity contribution in [3.8, 4) is 0 Å². The monoisotopic (exact) mass is 390 g/mol. The van der Waals surface area contributed by atoms with Crippen LogP contribution >= 0.6 is 22.6 Å². The second kappa shape index (κ2) is 10.3. The van der Waals surface area contributed by atoms with E-state index in [1.54, 1.807) is 6.92 Å². The average Bonchev–Trinajstić information content (AvgIpc) is 2.41. The third kappa shape index (κ3) is 6.82. The number of aldehydes is 1. The standard InChI is InChI=1S/C17H27IO2/c1-5-6-10-17(4,11-7-8-14(2)13-19)16(9-12-18)15(3)20/h6,8,10,13,16H,5,7,9,11-12H2,1-4H3/b10-6-,14-8+/t16-,17-/m1/s1. The maximum absolute atomic E-state index is 12.0. The fourth-order valence-corrected chi connectivity index (χ4v) is 3.15. The van der Waals surface area contributed by atoms with Gasteiger partial charge in [0.15, 0.2) is 0 Å². The number of hydrogen-bond donors (Lipinski definition) is 0. The van der Waals surface area contributed by atoms with Crippen LogP contribution in [0.25, 0.3) is 0 Å². The smallest absolute Gasteiger partial charge is 0.145 e. The fraction of sp³-hybridized carbons (Fsp3) is 0.647. The highest BCUT2D eigenvalue weighted by molar-refractivity contribution is 14.1. The maximum Gasteiger partial charge on any atom is 0.145 e. The first-order valence-electron chi connectivity index (χ1n) is 7.27. The number of carbonyl (C=O) groups is 2. The predicted octanol–water partition coefficient (Wildman–Crippen LogP) is 4.91. The van der Waals surface area contributed by atoms with Crippen molar-refractivity contribution in [2.75, 3.05) is 4.43 Å². The molecular weight excluding hydrogens is 363 g/mol. The van der Waals surface area contributed by atoms with Crippen LogP contribution in [-0.2, 0) is 9.59 Å². The molecule has 0 aromatic rings. The highest BCUT2D eigenvalue weighted by Crippen LogP contribution is 2.38. The quantitative estimate of drug-likeness (QED) is 0.175. The minimum atomic E-state index is -0.118. The average molecular weight is 390 g/mol. The number of ketones is 1. The molecule has 2 nitrogen and oxygen atoms in total. The normalized spacial score (nSPS) is 16.9. The second-order valence-corrected chi connectivity index (χ2v) is 6.64. The van der Waals surface area contributed by atoms with Gasteiger partial charge in [0.05, 0.1) is 0 Å². The fourth-order valence-electron chi connectivity index (χ4n) is 2.53. The summed E-state index contributed by atoms with van der Waals surface area (Å²) in [7, 11) is 0. The van der Waals surface area contributed by atoms with E-state index in [1.165, 1.54) is 0 Å². The zero-order valence-corrected chi connectivity index (χ0v) is 15.3. The SMILES string of the molecule is CC/C=C\[C@](C)(CC/C=C(\C)C=O)[C@H](CCI)C(C)=O.